The van der Waals surface area contributed by atoms with Gasteiger partial charge < -0.3 is 15.3 Å². The zero-order valence-corrected chi connectivity index (χ0v) is 8.62. The van der Waals surface area contributed by atoms with Crippen molar-refractivity contribution in [2.45, 2.75) is 31.5 Å². The first-order valence-corrected chi connectivity index (χ1v) is 5.05. The zero-order chi connectivity index (χ0) is 11.1. The van der Waals surface area contributed by atoms with Gasteiger partial charge in [0, 0.05) is 19.5 Å². The number of piperazine rings is 1. The Morgan fingerprint density at radius 3 is 2.93 bits per heavy atom. The molecule has 2 rings (SSSR count). The van der Waals surface area contributed by atoms with Crippen molar-refractivity contribution in [1.82, 2.24) is 15.5 Å². The minimum absolute atomic E-state index is 0.129. The number of hydrogen-bond donors (Lipinski definition) is 3. The number of likely N-dealkylation sites (tertiary alicyclic amines) is 1. The quantitative estimate of drug-likeness (QED) is 0.551. The Hall–Kier alpha value is -1.30. The molecule has 6 heteroatoms. The second-order valence-corrected chi connectivity index (χ2v) is 4.31. The van der Waals surface area contributed by atoms with Crippen molar-refractivity contribution in [3.8, 4) is 0 Å². The molecule has 2 heterocycles. The van der Waals surface area contributed by atoms with E-state index in [1.807, 2.05) is 0 Å². The third kappa shape index (κ3) is 1.90. The molecule has 2 fully saturated rings. The van der Waals surface area contributed by atoms with Crippen molar-refractivity contribution in [2.24, 2.45) is 0 Å². The molecule has 2 unspecified atom stereocenters. The first-order chi connectivity index (χ1) is 7.01. The molecular weight excluding hydrogens is 198 g/mol. The van der Waals surface area contributed by atoms with Crippen LogP contribution >= 0.6 is 0 Å². The van der Waals surface area contributed by atoms with Crippen LogP contribution in [-0.4, -0.2) is 46.8 Å². The highest BCUT2D eigenvalue weighted by Gasteiger charge is 2.46. The van der Waals surface area contributed by atoms with Crippen molar-refractivity contribution in [2.75, 3.05) is 13.1 Å². The standard InChI is InChI=1S/C9H15N3O3/c1-6(13)10-9-3-2-7(11-9)4-12(5-9)8(14)15/h7,11H,2-5H2,1H3,(H,10,13)(H,14,15). The maximum Gasteiger partial charge on any atom is 0.407 e. The lowest BCUT2D eigenvalue weighted by atomic mass is 10.1. The summed E-state index contributed by atoms with van der Waals surface area (Å²) in [7, 11) is 0. The molecule has 0 radical (unpaired) electrons. The number of rotatable bonds is 1. The Morgan fingerprint density at radius 2 is 2.33 bits per heavy atom. The van der Waals surface area contributed by atoms with Gasteiger partial charge in [0.2, 0.25) is 5.91 Å². The van der Waals surface area contributed by atoms with E-state index in [9.17, 15) is 9.59 Å². The number of amides is 2. The van der Waals surface area contributed by atoms with Crippen LogP contribution in [0.4, 0.5) is 4.79 Å². The van der Waals surface area contributed by atoms with Gasteiger partial charge in [-0.05, 0) is 12.8 Å². The fraction of sp³-hybridized carbons (Fsp3) is 0.778. The maximum absolute atomic E-state index is 11.1. The lowest BCUT2D eigenvalue weighted by molar-refractivity contribution is -0.121. The first-order valence-electron chi connectivity index (χ1n) is 5.05. The van der Waals surface area contributed by atoms with Gasteiger partial charge in [0.15, 0.2) is 0 Å². The normalized spacial score (nSPS) is 33.9. The summed E-state index contributed by atoms with van der Waals surface area (Å²) < 4.78 is 0. The van der Waals surface area contributed by atoms with Crippen molar-refractivity contribution in [3.05, 3.63) is 0 Å². The molecule has 15 heavy (non-hydrogen) atoms. The van der Waals surface area contributed by atoms with Gasteiger partial charge in [0.05, 0.1) is 6.54 Å². The molecule has 0 aromatic heterocycles. The van der Waals surface area contributed by atoms with Gasteiger partial charge in [-0.3, -0.25) is 10.1 Å². The van der Waals surface area contributed by atoms with E-state index in [0.29, 0.717) is 13.1 Å². The molecule has 0 saturated carbocycles. The van der Waals surface area contributed by atoms with Gasteiger partial charge in [0.25, 0.3) is 0 Å². The number of hydrogen-bond acceptors (Lipinski definition) is 3. The van der Waals surface area contributed by atoms with E-state index in [4.69, 9.17) is 5.11 Å². The van der Waals surface area contributed by atoms with E-state index in [0.717, 1.165) is 12.8 Å². The fourth-order valence-electron chi connectivity index (χ4n) is 2.49. The van der Waals surface area contributed by atoms with Crippen LogP contribution in [0.1, 0.15) is 19.8 Å². The largest absolute Gasteiger partial charge is 0.465 e. The fourth-order valence-corrected chi connectivity index (χ4v) is 2.49. The Morgan fingerprint density at radius 1 is 1.60 bits per heavy atom. The second kappa shape index (κ2) is 3.37. The van der Waals surface area contributed by atoms with E-state index in [-0.39, 0.29) is 11.9 Å². The number of fused-ring (bicyclic) bond motifs is 2. The first kappa shape index (κ1) is 10.2. The van der Waals surface area contributed by atoms with E-state index in [1.54, 1.807) is 0 Å². The monoisotopic (exact) mass is 213 g/mol. The summed E-state index contributed by atoms with van der Waals surface area (Å²) in [5.74, 6) is -0.129. The molecule has 0 aromatic carbocycles. The zero-order valence-electron chi connectivity index (χ0n) is 8.62. The highest BCUT2D eigenvalue weighted by atomic mass is 16.4. The summed E-state index contributed by atoms with van der Waals surface area (Å²) in [6, 6.07) is 0.168. The molecule has 84 valence electrons. The number of carbonyl (C=O) groups excluding carboxylic acids is 1. The lowest BCUT2D eigenvalue weighted by Crippen LogP contribution is -2.67. The average molecular weight is 213 g/mol. The molecular formula is C9H15N3O3. The lowest BCUT2D eigenvalue weighted by Gasteiger charge is -2.40. The van der Waals surface area contributed by atoms with Crippen molar-refractivity contribution >= 4 is 12.0 Å². The maximum atomic E-state index is 11.1. The summed E-state index contributed by atoms with van der Waals surface area (Å²) in [4.78, 5) is 23.3. The molecule has 2 saturated heterocycles. The van der Waals surface area contributed by atoms with E-state index < -0.39 is 11.8 Å². The van der Waals surface area contributed by atoms with E-state index in [1.165, 1.54) is 11.8 Å². The molecule has 2 aliphatic rings. The number of nitrogens with zero attached hydrogens (tertiary/aromatic N) is 1. The number of nitrogens with one attached hydrogen (secondary N) is 2. The molecule has 2 aliphatic heterocycles. The van der Waals surface area contributed by atoms with Crippen LogP contribution < -0.4 is 10.6 Å². The third-order valence-corrected chi connectivity index (χ3v) is 2.99. The Bertz CT molecular complexity index is 307. The molecule has 2 amide bonds. The Kier molecular flexibility index (Phi) is 2.30. The predicted molar refractivity (Wildman–Crippen MR) is 52.3 cm³/mol. The van der Waals surface area contributed by atoms with Crippen molar-refractivity contribution in [1.29, 1.82) is 0 Å². The van der Waals surface area contributed by atoms with E-state index in [2.05, 4.69) is 10.6 Å². The van der Waals surface area contributed by atoms with Crippen LogP contribution in [0.3, 0.4) is 0 Å². The minimum Gasteiger partial charge on any atom is -0.465 e. The van der Waals surface area contributed by atoms with Crippen molar-refractivity contribution in [3.63, 3.8) is 0 Å². The Labute approximate surface area is 87.6 Å². The van der Waals surface area contributed by atoms with Crippen LogP contribution in [0, 0.1) is 0 Å². The molecule has 0 aliphatic carbocycles. The molecule has 3 N–H and O–H groups in total. The summed E-state index contributed by atoms with van der Waals surface area (Å²) in [5, 5.41) is 15.0. The summed E-state index contributed by atoms with van der Waals surface area (Å²) >= 11 is 0. The second-order valence-electron chi connectivity index (χ2n) is 4.31. The van der Waals surface area contributed by atoms with Crippen LogP contribution in [0.25, 0.3) is 0 Å². The van der Waals surface area contributed by atoms with Crippen LogP contribution in [-0.2, 0) is 4.79 Å². The third-order valence-electron chi connectivity index (χ3n) is 2.99. The SMILES string of the molecule is CC(=O)NC12CCC(CN(C(=O)O)C1)N2. The van der Waals surface area contributed by atoms with Gasteiger partial charge in [-0.25, -0.2) is 4.79 Å². The molecule has 6 nitrogen and oxygen atoms in total. The summed E-state index contributed by atoms with van der Waals surface area (Å²) in [6.07, 6.45) is 0.781. The molecule has 0 aromatic rings. The van der Waals surface area contributed by atoms with Crippen LogP contribution in [0.2, 0.25) is 0 Å². The van der Waals surface area contributed by atoms with Gasteiger partial charge >= 0.3 is 6.09 Å². The Balaban J connectivity index is 2.12. The molecule has 2 bridgehead atoms. The number of carbonyl (C=O) groups is 2. The topological polar surface area (TPSA) is 81.7 Å². The molecule has 0 spiro atoms. The highest BCUT2D eigenvalue weighted by Crippen LogP contribution is 2.27. The smallest absolute Gasteiger partial charge is 0.407 e. The van der Waals surface area contributed by atoms with Gasteiger partial charge in [0.1, 0.15) is 5.66 Å². The predicted octanol–water partition coefficient (Wildman–Crippen LogP) is -0.436. The summed E-state index contributed by atoms with van der Waals surface area (Å²) in [6.45, 7) is 2.29. The van der Waals surface area contributed by atoms with Crippen LogP contribution in [0.5, 0.6) is 0 Å². The van der Waals surface area contributed by atoms with Crippen molar-refractivity contribution < 1.29 is 14.7 Å². The average Bonchev–Trinajstić information content (AvgIpc) is 2.40. The van der Waals surface area contributed by atoms with Gasteiger partial charge in [-0.1, -0.05) is 0 Å². The summed E-state index contributed by atoms with van der Waals surface area (Å²) in [5.41, 5.74) is -0.535. The highest BCUT2D eigenvalue weighted by molar-refractivity contribution is 5.74. The van der Waals surface area contributed by atoms with E-state index >= 15 is 0 Å². The van der Waals surface area contributed by atoms with Crippen LogP contribution in [0.15, 0.2) is 0 Å². The minimum atomic E-state index is -0.918. The number of carboxylic acid groups (broad SMARTS) is 1. The molecule has 2 atom stereocenters. The van der Waals surface area contributed by atoms with Gasteiger partial charge in [-0.15, -0.1) is 0 Å². The van der Waals surface area contributed by atoms with Gasteiger partial charge in [-0.2, -0.15) is 0 Å².